The van der Waals surface area contributed by atoms with Crippen molar-refractivity contribution in [1.82, 2.24) is 0 Å². The van der Waals surface area contributed by atoms with Crippen LogP contribution in [0.3, 0.4) is 0 Å². The average Bonchev–Trinajstić information content (AvgIpc) is 2.41. The lowest BCUT2D eigenvalue weighted by Gasteiger charge is -2.36. The molecule has 0 amide bonds. The molecule has 1 heterocycles. The van der Waals surface area contributed by atoms with Crippen LogP contribution in [0.2, 0.25) is 0 Å². The Balaban J connectivity index is 2.19. The first-order chi connectivity index (χ1) is 8.93. The Morgan fingerprint density at radius 1 is 1.42 bits per heavy atom. The molecule has 1 fully saturated rings. The predicted molar refractivity (Wildman–Crippen MR) is 66.0 cm³/mol. The summed E-state index contributed by atoms with van der Waals surface area (Å²) < 4.78 is 10.7. The topological polar surface area (TPSA) is 79.5 Å². The molecule has 2 rings (SSSR count). The van der Waals surface area contributed by atoms with E-state index in [1.165, 1.54) is 0 Å². The molecule has 100 valence electrons. The van der Waals surface area contributed by atoms with Crippen molar-refractivity contribution < 1.29 is 19.4 Å². The normalized spacial score (nSPS) is 23.7. The number of aliphatic hydroxyl groups is 1. The van der Waals surface area contributed by atoms with Crippen LogP contribution >= 0.6 is 0 Å². The molecule has 1 aliphatic heterocycles. The van der Waals surface area contributed by atoms with Gasteiger partial charge >= 0.3 is 0 Å². The zero-order chi connectivity index (χ0) is 14.0. The van der Waals surface area contributed by atoms with Crippen LogP contribution in [0.1, 0.15) is 31.1 Å². The Morgan fingerprint density at radius 2 is 2.05 bits per heavy atom. The quantitative estimate of drug-likeness (QED) is 0.868. The van der Waals surface area contributed by atoms with Crippen molar-refractivity contribution in [1.29, 1.82) is 5.26 Å². The van der Waals surface area contributed by atoms with Gasteiger partial charge in [-0.25, -0.2) is 0 Å². The Labute approximate surface area is 111 Å². The first-order valence-corrected chi connectivity index (χ1v) is 5.95. The lowest BCUT2D eigenvalue weighted by atomic mass is 9.99. The van der Waals surface area contributed by atoms with E-state index in [1.807, 2.05) is 6.07 Å². The molecular formula is C14H15NO4. The Morgan fingerprint density at radius 3 is 2.63 bits per heavy atom. The molecule has 0 radical (unpaired) electrons. The number of nitriles is 1. The van der Waals surface area contributed by atoms with Crippen molar-refractivity contribution in [3.8, 4) is 6.07 Å². The number of Topliss-reactive ketones (excluding diaryl/α,β-unsaturated/α-hetero) is 1. The fourth-order valence-corrected chi connectivity index (χ4v) is 1.90. The zero-order valence-electron chi connectivity index (χ0n) is 10.8. The first kappa shape index (κ1) is 13.7. The fraction of sp³-hybridized carbons (Fsp3) is 0.429. The highest BCUT2D eigenvalue weighted by atomic mass is 16.7. The van der Waals surface area contributed by atoms with Crippen molar-refractivity contribution in [2.45, 2.75) is 31.8 Å². The molecule has 0 spiro atoms. The summed E-state index contributed by atoms with van der Waals surface area (Å²) in [4.78, 5) is 11.8. The summed E-state index contributed by atoms with van der Waals surface area (Å²) >= 11 is 0. The lowest BCUT2D eigenvalue weighted by Crippen LogP contribution is -2.48. The van der Waals surface area contributed by atoms with E-state index in [1.54, 1.807) is 38.1 Å². The van der Waals surface area contributed by atoms with Gasteiger partial charge < -0.3 is 14.6 Å². The highest BCUT2D eigenvalue weighted by Crippen LogP contribution is 2.28. The van der Waals surface area contributed by atoms with Crippen LogP contribution in [0.5, 0.6) is 0 Å². The van der Waals surface area contributed by atoms with E-state index >= 15 is 0 Å². The van der Waals surface area contributed by atoms with Crippen LogP contribution in [-0.4, -0.2) is 29.4 Å². The minimum absolute atomic E-state index is 0.0784. The minimum atomic E-state index is -1.07. The molecule has 0 aliphatic carbocycles. The third-order valence-corrected chi connectivity index (χ3v) is 2.96. The van der Waals surface area contributed by atoms with Crippen molar-refractivity contribution in [2.24, 2.45) is 0 Å². The van der Waals surface area contributed by atoms with Gasteiger partial charge in [-0.2, -0.15) is 5.26 Å². The Hall–Kier alpha value is -1.74. The SMILES string of the molecule is CC1(C)OCC(=O)[C@H]([C@@H](O)c2ccc(C#N)cc2)O1. The molecule has 19 heavy (non-hydrogen) atoms. The molecule has 1 aliphatic rings. The van der Waals surface area contributed by atoms with E-state index in [2.05, 4.69) is 0 Å². The number of rotatable bonds is 2. The number of ketones is 1. The maximum Gasteiger partial charge on any atom is 0.190 e. The van der Waals surface area contributed by atoms with Crippen LogP contribution in [0.15, 0.2) is 24.3 Å². The molecule has 1 N–H and O–H groups in total. The molecule has 1 saturated heterocycles. The smallest absolute Gasteiger partial charge is 0.190 e. The van der Waals surface area contributed by atoms with Gasteiger partial charge in [-0.1, -0.05) is 12.1 Å². The van der Waals surface area contributed by atoms with Gasteiger partial charge in [-0.15, -0.1) is 0 Å². The summed E-state index contributed by atoms with van der Waals surface area (Å²) in [5.74, 6) is -1.19. The second-order valence-electron chi connectivity index (χ2n) is 4.87. The molecule has 0 unspecified atom stereocenters. The van der Waals surface area contributed by atoms with Crippen molar-refractivity contribution in [3.05, 3.63) is 35.4 Å². The summed E-state index contributed by atoms with van der Waals surface area (Å²) in [5.41, 5.74) is 1.03. The van der Waals surface area contributed by atoms with E-state index in [4.69, 9.17) is 14.7 Å². The van der Waals surface area contributed by atoms with Crippen LogP contribution in [0.25, 0.3) is 0 Å². The van der Waals surface area contributed by atoms with E-state index in [9.17, 15) is 9.90 Å². The molecule has 2 atom stereocenters. The molecule has 1 aromatic rings. The van der Waals surface area contributed by atoms with Gasteiger partial charge in [0.15, 0.2) is 17.7 Å². The van der Waals surface area contributed by atoms with Crippen LogP contribution in [-0.2, 0) is 14.3 Å². The third kappa shape index (κ3) is 2.99. The number of ether oxygens (including phenoxy) is 2. The van der Waals surface area contributed by atoms with Gasteiger partial charge in [-0.3, -0.25) is 4.79 Å². The van der Waals surface area contributed by atoms with Crippen LogP contribution in [0.4, 0.5) is 0 Å². The number of carbonyl (C=O) groups excluding carboxylic acids is 1. The molecule has 0 bridgehead atoms. The Kier molecular flexibility index (Phi) is 3.67. The van der Waals surface area contributed by atoms with Gasteiger partial charge in [-0.05, 0) is 31.5 Å². The zero-order valence-corrected chi connectivity index (χ0v) is 10.8. The summed E-state index contributed by atoms with van der Waals surface area (Å²) in [6.45, 7) is 3.31. The average molecular weight is 261 g/mol. The standard InChI is InChI=1S/C14H15NO4/c1-14(2)18-8-11(16)13(19-14)12(17)10-5-3-9(7-15)4-6-10/h3-6,12-13,17H,8H2,1-2H3/t12-,13+/m0/s1. The van der Waals surface area contributed by atoms with Crippen LogP contribution < -0.4 is 0 Å². The number of carbonyl (C=O) groups is 1. The number of nitrogens with zero attached hydrogens (tertiary/aromatic N) is 1. The number of aliphatic hydroxyl groups excluding tert-OH is 1. The van der Waals surface area contributed by atoms with E-state index in [0.717, 1.165) is 0 Å². The highest BCUT2D eigenvalue weighted by Gasteiger charge is 2.39. The van der Waals surface area contributed by atoms with Gasteiger partial charge in [0, 0.05) is 0 Å². The van der Waals surface area contributed by atoms with Crippen molar-refractivity contribution >= 4 is 5.78 Å². The molecule has 5 nitrogen and oxygen atoms in total. The van der Waals surface area contributed by atoms with Crippen molar-refractivity contribution in [3.63, 3.8) is 0 Å². The monoisotopic (exact) mass is 261 g/mol. The summed E-state index contributed by atoms with van der Waals surface area (Å²) in [5, 5.41) is 18.9. The fourth-order valence-electron chi connectivity index (χ4n) is 1.90. The van der Waals surface area contributed by atoms with Gasteiger partial charge in [0.05, 0.1) is 11.6 Å². The van der Waals surface area contributed by atoms with E-state index < -0.39 is 18.0 Å². The second-order valence-corrected chi connectivity index (χ2v) is 4.87. The summed E-state index contributed by atoms with van der Waals surface area (Å²) in [7, 11) is 0. The maximum atomic E-state index is 11.8. The number of benzene rings is 1. The molecule has 5 heteroatoms. The second kappa shape index (κ2) is 5.10. The molecule has 0 aromatic heterocycles. The maximum absolute atomic E-state index is 11.8. The highest BCUT2D eigenvalue weighted by molar-refractivity contribution is 5.85. The summed E-state index contributed by atoms with van der Waals surface area (Å²) in [6.07, 6.45) is -2.01. The lowest BCUT2D eigenvalue weighted by molar-refractivity contribution is -0.271. The van der Waals surface area contributed by atoms with Crippen molar-refractivity contribution in [2.75, 3.05) is 6.61 Å². The molecule has 1 aromatic carbocycles. The van der Waals surface area contributed by atoms with E-state index in [0.29, 0.717) is 11.1 Å². The summed E-state index contributed by atoms with van der Waals surface area (Å²) in [6, 6.07) is 8.40. The van der Waals surface area contributed by atoms with Crippen LogP contribution in [0, 0.1) is 11.3 Å². The molecular weight excluding hydrogens is 246 g/mol. The van der Waals surface area contributed by atoms with E-state index in [-0.39, 0.29) is 12.4 Å². The minimum Gasteiger partial charge on any atom is -0.385 e. The largest absolute Gasteiger partial charge is 0.385 e. The Bertz CT molecular complexity index is 515. The number of hydrogen-bond donors (Lipinski definition) is 1. The number of hydrogen-bond acceptors (Lipinski definition) is 5. The predicted octanol–water partition coefficient (Wildman–Crippen LogP) is 1.31. The first-order valence-electron chi connectivity index (χ1n) is 5.95. The third-order valence-electron chi connectivity index (χ3n) is 2.96. The van der Waals surface area contributed by atoms with Gasteiger partial charge in [0.1, 0.15) is 12.7 Å². The van der Waals surface area contributed by atoms with Gasteiger partial charge in [0.25, 0.3) is 0 Å². The molecule has 0 saturated carbocycles. The van der Waals surface area contributed by atoms with Gasteiger partial charge in [0.2, 0.25) is 0 Å².